The topological polar surface area (TPSA) is 56.6 Å². The number of pyridine rings is 1. The lowest BCUT2D eigenvalue weighted by atomic mass is 9.96. The molecule has 0 aliphatic carbocycles. The molecule has 132 valence electrons. The van der Waals surface area contributed by atoms with Crippen molar-refractivity contribution in [1.29, 1.82) is 5.26 Å². The quantitative estimate of drug-likeness (QED) is 0.830. The van der Waals surface area contributed by atoms with E-state index in [1.807, 2.05) is 4.98 Å². The van der Waals surface area contributed by atoms with E-state index in [0.717, 1.165) is 6.07 Å². The van der Waals surface area contributed by atoms with Crippen molar-refractivity contribution >= 4 is 0 Å². The third kappa shape index (κ3) is 2.97. The maximum absolute atomic E-state index is 14.0. The van der Waals surface area contributed by atoms with Gasteiger partial charge in [0.05, 0.1) is 5.56 Å². The molecule has 2 aromatic rings. The highest BCUT2D eigenvalue weighted by atomic mass is 19.4. The molecular weight excluding hydrogens is 357 g/mol. The summed E-state index contributed by atoms with van der Waals surface area (Å²) in [4.78, 5) is 13.8. The first-order valence-corrected chi connectivity index (χ1v) is 6.49. The van der Waals surface area contributed by atoms with Crippen molar-refractivity contribution in [2.75, 3.05) is 0 Å². The Hall–Kier alpha value is -2.83. The van der Waals surface area contributed by atoms with Gasteiger partial charge in [0.25, 0.3) is 5.56 Å². The number of alkyl halides is 7. The first-order chi connectivity index (χ1) is 11.4. The lowest BCUT2D eigenvalue weighted by Gasteiger charge is -2.29. The Kier molecular flexibility index (Phi) is 4.38. The Morgan fingerprint density at radius 3 is 2.00 bits per heavy atom. The molecule has 0 unspecified atom stereocenters. The molecule has 0 aliphatic rings. The molecule has 3 nitrogen and oxygen atoms in total. The van der Waals surface area contributed by atoms with E-state index in [0.29, 0.717) is 0 Å². The molecule has 1 N–H and O–H groups in total. The molecule has 1 aromatic carbocycles. The summed E-state index contributed by atoms with van der Waals surface area (Å²) >= 11 is 0. The van der Waals surface area contributed by atoms with Crippen LogP contribution in [0.25, 0.3) is 11.3 Å². The largest absolute Gasteiger partial charge is 0.460 e. The van der Waals surface area contributed by atoms with E-state index in [1.54, 1.807) is 0 Å². The molecule has 0 radical (unpaired) electrons. The number of hydrogen-bond acceptors (Lipinski definition) is 2. The van der Waals surface area contributed by atoms with E-state index in [9.17, 15) is 35.5 Å². The van der Waals surface area contributed by atoms with Gasteiger partial charge in [0.15, 0.2) is 0 Å². The normalized spacial score (nSPS) is 12.7. The summed E-state index contributed by atoms with van der Waals surface area (Å²) in [6.07, 6.45) is -6.58. The number of nitriles is 1. The summed E-state index contributed by atoms with van der Waals surface area (Å²) < 4.78 is 91.6. The maximum atomic E-state index is 14.0. The summed E-state index contributed by atoms with van der Waals surface area (Å²) in [7, 11) is 0. The van der Waals surface area contributed by atoms with Crippen LogP contribution in [0.15, 0.2) is 41.2 Å². The van der Waals surface area contributed by atoms with Gasteiger partial charge >= 0.3 is 18.0 Å². The van der Waals surface area contributed by atoms with Crippen LogP contribution in [-0.4, -0.2) is 17.1 Å². The van der Waals surface area contributed by atoms with Crippen molar-refractivity contribution in [1.82, 2.24) is 4.98 Å². The number of benzene rings is 1. The zero-order valence-corrected chi connectivity index (χ0v) is 12.0. The summed E-state index contributed by atoms with van der Waals surface area (Å²) in [5, 5.41) is 8.76. The molecule has 0 amide bonds. The second-order valence-electron chi connectivity index (χ2n) is 4.93. The molecule has 0 fully saturated rings. The first-order valence-electron chi connectivity index (χ1n) is 6.49. The van der Waals surface area contributed by atoms with Gasteiger partial charge in [-0.2, -0.15) is 36.0 Å². The minimum Gasteiger partial charge on any atom is -0.321 e. The minimum atomic E-state index is -6.58. The number of hydrogen-bond donors (Lipinski definition) is 1. The first kappa shape index (κ1) is 18.5. The van der Waals surface area contributed by atoms with Crippen molar-refractivity contribution in [3.05, 3.63) is 57.9 Å². The van der Waals surface area contributed by atoms with Crippen LogP contribution in [-0.2, 0) is 5.92 Å². The smallest absolute Gasteiger partial charge is 0.321 e. The Morgan fingerprint density at radius 1 is 0.960 bits per heavy atom. The molecule has 0 atom stereocenters. The fourth-order valence-corrected chi connectivity index (χ4v) is 2.04. The third-order valence-electron chi connectivity index (χ3n) is 3.32. The van der Waals surface area contributed by atoms with Crippen LogP contribution in [0.3, 0.4) is 0 Å². The molecule has 25 heavy (non-hydrogen) atoms. The van der Waals surface area contributed by atoms with Gasteiger partial charge in [0.2, 0.25) is 0 Å². The molecule has 10 heteroatoms. The van der Waals surface area contributed by atoms with Gasteiger partial charge in [-0.3, -0.25) is 4.79 Å². The van der Waals surface area contributed by atoms with Gasteiger partial charge in [-0.15, -0.1) is 0 Å². The summed E-state index contributed by atoms with van der Waals surface area (Å²) in [5.41, 5.74) is -5.38. The summed E-state index contributed by atoms with van der Waals surface area (Å²) in [6, 6.07) is 8.18. The average Bonchev–Trinajstić information content (AvgIpc) is 2.53. The predicted octanol–water partition coefficient (Wildman–Crippen LogP) is 4.20. The maximum Gasteiger partial charge on any atom is 0.460 e. The van der Waals surface area contributed by atoms with Gasteiger partial charge in [0.1, 0.15) is 11.6 Å². The zero-order chi connectivity index (χ0) is 19.0. The SMILES string of the molecule is N#Cc1c(C(F)(F)C(F)(F)C(F)(F)F)cc(-c2ccccc2)[nH]c1=O. The fraction of sp³-hybridized carbons (Fsp3) is 0.200. The molecular formula is C15H7F7N2O. The molecule has 2 rings (SSSR count). The Morgan fingerprint density at radius 2 is 1.52 bits per heavy atom. The van der Waals surface area contributed by atoms with Crippen LogP contribution in [0.1, 0.15) is 11.1 Å². The molecule has 0 saturated heterocycles. The molecule has 0 spiro atoms. The fourth-order valence-electron chi connectivity index (χ4n) is 2.04. The van der Waals surface area contributed by atoms with E-state index < -0.39 is 40.4 Å². The predicted molar refractivity (Wildman–Crippen MR) is 72.1 cm³/mol. The number of rotatable bonds is 3. The second-order valence-corrected chi connectivity index (χ2v) is 4.93. The van der Waals surface area contributed by atoms with Crippen molar-refractivity contribution in [2.24, 2.45) is 0 Å². The van der Waals surface area contributed by atoms with Gasteiger partial charge in [-0.1, -0.05) is 30.3 Å². The number of nitrogens with one attached hydrogen (secondary N) is 1. The summed E-state index contributed by atoms with van der Waals surface area (Å²) in [5.74, 6) is -12.3. The standard InChI is InChI=1S/C15H7F7N2O/c16-13(17,14(18,19)15(20,21)22)10-6-11(8-4-2-1-3-5-8)24-12(25)9(10)7-23/h1-6H,(H,24,25). The van der Waals surface area contributed by atoms with E-state index in [2.05, 4.69) is 0 Å². The molecule has 0 aliphatic heterocycles. The van der Waals surface area contributed by atoms with Crippen molar-refractivity contribution in [2.45, 2.75) is 18.0 Å². The summed E-state index contributed by atoms with van der Waals surface area (Å²) in [6.45, 7) is 0. The van der Waals surface area contributed by atoms with Crippen molar-refractivity contribution in [3.63, 3.8) is 0 Å². The van der Waals surface area contributed by atoms with Crippen LogP contribution in [0.4, 0.5) is 30.7 Å². The highest BCUT2D eigenvalue weighted by Gasteiger charge is 2.74. The van der Waals surface area contributed by atoms with Gasteiger partial charge in [-0.25, -0.2) is 0 Å². The van der Waals surface area contributed by atoms with Crippen LogP contribution in [0.5, 0.6) is 0 Å². The van der Waals surface area contributed by atoms with E-state index in [4.69, 9.17) is 5.26 Å². The lowest BCUT2D eigenvalue weighted by Crippen LogP contribution is -2.50. The number of nitrogens with zero attached hydrogens (tertiary/aromatic N) is 1. The number of H-pyrrole nitrogens is 1. The average molecular weight is 364 g/mol. The Balaban J connectivity index is 2.79. The highest BCUT2D eigenvalue weighted by molar-refractivity contribution is 5.61. The highest BCUT2D eigenvalue weighted by Crippen LogP contribution is 2.52. The Bertz CT molecular complexity index is 879. The van der Waals surface area contributed by atoms with Crippen LogP contribution in [0, 0.1) is 11.3 Å². The number of aromatic amines is 1. The van der Waals surface area contributed by atoms with Crippen LogP contribution < -0.4 is 5.56 Å². The third-order valence-corrected chi connectivity index (χ3v) is 3.32. The van der Waals surface area contributed by atoms with E-state index in [-0.39, 0.29) is 11.6 Å². The van der Waals surface area contributed by atoms with Crippen molar-refractivity contribution in [3.8, 4) is 17.3 Å². The van der Waals surface area contributed by atoms with Crippen molar-refractivity contribution < 1.29 is 30.7 Å². The van der Waals surface area contributed by atoms with Gasteiger partial charge in [0, 0.05) is 5.69 Å². The molecule has 1 heterocycles. The molecule has 1 aromatic heterocycles. The van der Waals surface area contributed by atoms with Crippen LogP contribution in [0.2, 0.25) is 0 Å². The number of aromatic nitrogens is 1. The monoisotopic (exact) mass is 364 g/mol. The van der Waals surface area contributed by atoms with Gasteiger partial charge < -0.3 is 4.98 Å². The molecule has 0 bridgehead atoms. The van der Waals surface area contributed by atoms with E-state index in [1.165, 1.54) is 30.3 Å². The second kappa shape index (κ2) is 5.91. The Labute approximate surface area is 135 Å². The molecule has 0 saturated carbocycles. The van der Waals surface area contributed by atoms with Crippen LogP contribution >= 0.6 is 0 Å². The van der Waals surface area contributed by atoms with Gasteiger partial charge in [-0.05, 0) is 11.6 Å². The van der Waals surface area contributed by atoms with E-state index >= 15 is 0 Å². The lowest BCUT2D eigenvalue weighted by molar-refractivity contribution is -0.359. The minimum absolute atomic E-state index is 0.0801. The zero-order valence-electron chi connectivity index (χ0n) is 12.0. The number of halogens is 7.